The zero-order chi connectivity index (χ0) is 13.9. The van der Waals surface area contributed by atoms with Crippen LogP contribution in [-0.2, 0) is 9.53 Å². The molecule has 1 unspecified atom stereocenters. The quantitative estimate of drug-likeness (QED) is 0.454. The van der Waals surface area contributed by atoms with Gasteiger partial charge in [-0.15, -0.1) is 0 Å². The topological polar surface area (TPSA) is 43.4 Å². The molecule has 0 radical (unpaired) electrons. The first-order valence-corrected chi connectivity index (χ1v) is 6.74. The van der Waals surface area contributed by atoms with Gasteiger partial charge in [-0.3, -0.25) is 4.79 Å². The van der Waals surface area contributed by atoms with Crippen molar-refractivity contribution < 1.29 is 18.7 Å². The average Bonchev–Trinajstić information content (AvgIpc) is 2.24. The minimum atomic E-state index is -2.30. The van der Waals surface area contributed by atoms with E-state index in [2.05, 4.69) is 36.6 Å². The van der Waals surface area contributed by atoms with Gasteiger partial charge in [-0.25, -0.2) is 9.18 Å². The Bertz CT molecular complexity index is 454. The Labute approximate surface area is 121 Å². The summed E-state index contributed by atoms with van der Waals surface area (Å²) in [5.74, 6) is -2.08. The van der Waals surface area contributed by atoms with Crippen LogP contribution in [0.25, 0.3) is 0 Å². The molecule has 0 aliphatic heterocycles. The minimum absolute atomic E-state index is 0.101. The minimum Gasteiger partial charge on any atom is -0.460 e. The summed E-state index contributed by atoms with van der Waals surface area (Å²) < 4.78 is 19.5. The molecule has 0 heterocycles. The summed E-state index contributed by atoms with van der Waals surface area (Å²) in [6.07, 6.45) is -2.76. The first-order valence-electron chi connectivity index (χ1n) is 5.16. The summed E-state index contributed by atoms with van der Waals surface area (Å²) in [5.41, 5.74) is 0.101. The number of ketones is 1. The first-order chi connectivity index (χ1) is 8.31. The molecule has 0 bridgehead atoms. The number of Topliss-reactive ketones (excluding diaryl/α,β-unsaturated/α-hetero) is 1. The predicted molar refractivity (Wildman–Crippen MR) is 72.3 cm³/mol. The Balaban J connectivity index is 2.89. The number of hydrogen-bond donors (Lipinski definition) is 0. The van der Waals surface area contributed by atoms with Crippen molar-refractivity contribution in [1.82, 2.24) is 0 Å². The lowest BCUT2D eigenvalue weighted by atomic mass is 10.1. The second-order valence-electron chi connectivity index (χ2n) is 3.87. The fourth-order valence-corrected chi connectivity index (χ4v) is 2.54. The van der Waals surface area contributed by atoms with Crippen molar-refractivity contribution in [2.45, 2.75) is 26.1 Å². The van der Waals surface area contributed by atoms with Crippen LogP contribution in [0.5, 0.6) is 0 Å². The molecule has 0 aromatic heterocycles. The molecule has 1 rings (SSSR count). The van der Waals surface area contributed by atoms with E-state index in [0.717, 1.165) is 0 Å². The maximum absolute atomic E-state index is 13.6. The maximum Gasteiger partial charge on any atom is 0.349 e. The van der Waals surface area contributed by atoms with E-state index < -0.39 is 24.0 Å². The number of esters is 1. The third kappa shape index (κ3) is 4.17. The Morgan fingerprint density at radius 3 is 2.11 bits per heavy atom. The fraction of sp³-hybridized carbons (Fsp3) is 0.333. The zero-order valence-electron chi connectivity index (χ0n) is 9.75. The van der Waals surface area contributed by atoms with Crippen LogP contribution < -0.4 is 0 Å². The van der Waals surface area contributed by atoms with E-state index in [1.54, 1.807) is 19.9 Å². The number of benzene rings is 1. The molecule has 0 fully saturated rings. The molecule has 98 valence electrons. The standard InChI is InChI=1S/C12H11Br2FO3/c1-6(2)18-12(17)10(15)11(16)7-3-8(13)5-9(14)4-7/h3-6,10H,1-2H3. The summed E-state index contributed by atoms with van der Waals surface area (Å²) in [6, 6.07) is 4.60. The summed E-state index contributed by atoms with van der Waals surface area (Å²) in [6.45, 7) is 3.18. The third-order valence-electron chi connectivity index (χ3n) is 1.94. The SMILES string of the molecule is CC(C)OC(=O)C(F)C(=O)c1cc(Br)cc(Br)c1. The normalized spacial score (nSPS) is 12.3. The first kappa shape index (κ1) is 15.3. The van der Waals surface area contributed by atoms with E-state index in [1.807, 2.05) is 0 Å². The third-order valence-corrected chi connectivity index (χ3v) is 2.85. The summed E-state index contributed by atoms with van der Waals surface area (Å²) in [4.78, 5) is 23.1. The van der Waals surface area contributed by atoms with Crippen molar-refractivity contribution >= 4 is 43.6 Å². The van der Waals surface area contributed by atoms with Crippen LogP contribution in [0.4, 0.5) is 4.39 Å². The van der Waals surface area contributed by atoms with Gasteiger partial charge >= 0.3 is 5.97 Å². The van der Waals surface area contributed by atoms with Crippen LogP contribution in [-0.4, -0.2) is 24.0 Å². The number of carbonyl (C=O) groups excluding carboxylic acids is 2. The number of rotatable bonds is 4. The molecule has 0 spiro atoms. The number of hydrogen-bond acceptors (Lipinski definition) is 3. The highest BCUT2D eigenvalue weighted by Crippen LogP contribution is 2.21. The largest absolute Gasteiger partial charge is 0.460 e. The van der Waals surface area contributed by atoms with Crippen LogP contribution in [0.2, 0.25) is 0 Å². The predicted octanol–water partition coefficient (Wildman–Crippen LogP) is 3.68. The van der Waals surface area contributed by atoms with Crippen molar-refractivity contribution in [2.24, 2.45) is 0 Å². The Kier molecular flexibility index (Phi) is 5.47. The van der Waals surface area contributed by atoms with Gasteiger partial charge in [0.1, 0.15) is 0 Å². The van der Waals surface area contributed by atoms with Crippen molar-refractivity contribution in [1.29, 1.82) is 0 Å². The van der Waals surface area contributed by atoms with Crippen molar-refractivity contribution in [2.75, 3.05) is 0 Å². The summed E-state index contributed by atoms with van der Waals surface area (Å²) in [5, 5.41) is 0. The van der Waals surface area contributed by atoms with Gasteiger partial charge in [-0.05, 0) is 32.0 Å². The van der Waals surface area contributed by atoms with Crippen LogP contribution in [0.1, 0.15) is 24.2 Å². The van der Waals surface area contributed by atoms with Crippen molar-refractivity contribution in [3.05, 3.63) is 32.7 Å². The van der Waals surface area contributed by atoms with Crippen LogP contribution in [0.3, 0.4) is 0 Å². The van der Waals surface area contributed by atoms with Crippen LogP contribution in [0.15, 0.2) is 27.1 Å². The molecule has 3 nitrogen and oxygen atoms in total. The molecule has 1 aromatic rings. The van der Waals surface area contributed by atoms with Gasteiger partial charge in [0.15, 0.2) is 0 Å². The highest BCUT2D eigenvalue weighted by atomic mass is 79.9. The molecule has 6 heteroatoms. The lowest BCUT2D eigenvalue weighted by Gasteiger charge is -2.11. The molecular formula is C12H11Br2FO3. The molecule has 18 heavy (non-hydrogen) atoms. The molecular weight excluding hydrogens is 371 g/mol. The lowest BCUT2D eigenvalue weighted by Crippen LogP contribution is -2.29. The molecule has 0 saturated carbocycles. The van der Waals surface area contributed by atoms with Gasteiger partial charge in [-0.1, -0.05) is 31.9 Å². The molecule has 0 amide bonds. The summed E-state index contributed by atoms with van der Waals surface area (Å²) >= 11 is 6.37. The van der Waals surface area contributed by atoms with E-state index >= 15 is 0 Å². The smallest absolute Gasteiger partial charge is 0.349 e. The molecule has 0 aliphatic rings. The van der Waals surface area contributed by atoms with Gasteiger partial charge < -0.3 is 4.74 Å². The van der Waals surface area contributed by atoms with Gasteiger partial charge in [-0.2, -0.15) is 0 Å². The number of alkyl halides is 1. The lowest BCUT2D eigenvalue weighted by molar-refractivity contribution is -0.151. The van der Waals surface area contributed by atoms with E-state index in [-0.39, 0.29) is 5.56 Å². The van der Waals surface area contributed by atoms with E-state index in [1.165, 1.54) is 12.1 Å². The Hall–Kier alpha value is -0.750. The Morgan fingerprint density at radius 2 is 1.67 bits per heavy atom. The van der Waals surface area contributed by atoms with Gasteiger partial charge in [0, 0.05) is 14.5 Å². The highest BCUT2D eigenvalue weighted by molar-refractivity contribution is 9.11. The fourth-order valence-electron chi connectivity index (χ4n) is 1.24. The van der Waals surface area contributed by atoms with Crippen molar-refractivity contribution in [3.8, 4) is 0 Å². The highest BCUT2D eigenvalue weighted by Gasteiger charge is 2.29. The second-order valence-corrected chi connectivity index (χ2v) is 5.70. The zero-order valence-corrected chi connectivity index (χ0v) is 12.9. The Morgan fingerprint density at radius 1 is 1.17 bits per heavy atom. The average molecular weight is 382 g/mol. The van der Waals surface area contributed by atoms with E-state index in [9.17, 15) is 14.0 Å². The maximum atomic E-state index is 13.6. The van der Waals surface area contributed by atoms with E-state index in [4.69, 9.17) is 0 Å². The van der Waals surface area contributed by atoms with E-state index in [0.29, 0.717) is 8.95 Å². The van der Waals surface area contributed by atoms with Crippen LogP contribution in [0, 0.1) is 0 Å². The summed E-state index contributed by atoms with van der Waals surface area (Å²) in [7, 11) is 0. The molecule has 0 N–H and O–H groups in total. The monoisotopic (exact) mass is 380 g/mol. The number of halogens is 3. The van der Waals surface area contributed by atoms with Crippen LogP contribution >= 0.6 is 31.9 Å². The van der Waals surface area contributed by atoms with Gasteiger partial charge in [0.05, 0.1) is 6.10 Å². The second kappa shape index (κ2) is 6.43. The van der Waals surface area contributed by atoms with Gasteiger partial charge in [0.2, 0.25) is 5.78 Å². The number of carbonyl (C=O) groups is 2. The molecule has 0 saturated heterocycles. The molecule has 1 atom stereocenters. The van der Waals surface area contributed by atoms with Crippen molar-refractivity contribution in [3.63, 3.8) is 0 Å². The van der Waals surface area contributed by atoms with Gasteiger partial charge in [0.25, 0.3) is 6.17 Å². The number of ether oxygens (including phenoxy) is 1. The molecule has 1 aromatic carbocycles. The molecule has 0 aliphatic carbocycles.